The molecule has 1 aliphatic heterocycles. The molecule has 1 saturated heterocycles. The van der Waals surface area contributed by atoms with E-state index in [4.69, 9.17) is 0 Å². The molecule has 2 amide bonds. The fraction of sp³-hybridized carbons (Fsp3) is 0.250. The molecule has 1 fully saturated rings. The van der Waals surface area contributed by atoms with Crippen molar-refractivity contribution in [3.63, 3.8) is 0 Å². The van der Waals surface area contributed by atoms with Gasteiger partial charge in [-0.1, -0.05) is 0 Å². The molecule has 1 aromatic rings. The predicted octanol–water partition coefficient (Wildman–Crippen LogP) is 1.13. The fourth-order valence-electron chi connectivity index (χ4n) is 1.73. The van der Waals surface area contributed by atoms with E-state index in [0.29, 0.717) is 11.3 Å². The van der Waals surface area contributed by atoms with Crippen molar-refractivity contribution >= 4 is 23.5 Å². The molecule has 0 spiro atoms. The minimum atomic E-state index is -0.448. The lowest BCUT2D eigenvalue weighted by Crippen LogP contribution is -2.28. The number of carbonyl (C=O) groups is 3. The van der Waals surface area contributed by atoms with Gasteiger partial charge in [-0.05, 0) is 24.3 Å². The molecule has 0 atom stereocenters. The van der Waals surface area contributed by atoms with Crippen molar-refractivity contribution in [3.05, 3.63) is 29.8 Å². The van der Waals surface area contributed by atoms with Crippen molar-refractivity contribution < 1.29 is 19.1 Å². The zero-order valence-corrected chi connectivity index (χ0v) is 9.30. The van der Waals surface area contributed by atoms with Crippen LogP contribution in [0.5, 0.6) is 0 Å². The molecular weight excluding hydrogens is 222 g/mol. The number of nitrogens with zero attached hydrogens (tertiary/aromatic N) is 1. The van der Waals surface area contributed by atoms with E-state index < -0.39 is 5.97 Å². The van der Waals surface area contributed by atoms with Crippen molar-refractivity contribution in [2.24, 2.45) is 0 Å². The van der Waals surface area contributed by atoms with Crippen molar-refractivity contribution in [2.75, 3.05) is 12.0 Å². The minimum Gasteiger partial charge on any atom is -0.465 e. The number of amides is 2. The molecule has 1 aliphatic rings. The number of benzene rings is 1. The fourth-order valence-corrected chi connectivity index (χ4v) is 1.73. The van der Waals surface area contributed by atoms with Crippen molar-refractivity contribution in [2.45, 2.75) is 12.8 Å². The highest BCUT2D eigenvalue weighted by Crippen LogP contribution is 2.22. The lowest BCUT2D eigenvalue weighted by atomic mass is 10.2. The first-order chi connectivity index (χ1) is 8.13. The number of carbonyl (C=O) groups excluding carboxylic acids is 3. The predicted molar refractivity (Wildman–Crippen MR) is 59.5 cm³/mol. The molecule has 0 radical (unpaired) electrons. The van der Waals surface area contributed by atoms with Crippen LogP contribution in [0.4, 0.5) is 5.69 Å². The summed E-state index contributed by atoms with van der Waals surface area (Å²) in [6.07, 6.45) is 0.495. The van der Waals surface area contributed by atoms with E-state index in [1.807, 2.05) is 0 Å². The number of imide groups is 1. The first kappa shape index (κ1) is 11.3. The number of esters is 1. The van der Waals surface area contributed by atoms with E-state index in [-0.39, 0.29) is 24.7 Å². The summed E-state index contributed by atoms with van der Waals surface area (Å²) in [5.41, 5.74) is 0.875. The molecule has 2 rings (SSSR count). The lowest BCUT2D eigenvalue weighted by molar-refractivity contribution is -0.121. The van der Waals surface area contributed by atoms with Gasteiger partial charge in [0.2, 0.25) is 11.8 Å². The Bertz CT molecular complexity index is 462. The van der Waals surface area contributed by atoms with Crippen LogP contribution in [0.3, 0.4) is 0 Å². The van der Waals surface area contributed by atoms with Crippen LogP contribution in [0, 0.1) is 0 Å². The van der Waals surface area contributed by atoms with Crippen LogP contribution < -0.4 is 4.90 Å². The molecule has 5 nitrogen and oxygen atoms in total. The van der Waals surface area contributed by atoms with Gasteiger partial charge in [0.05, 0.1) is 18.4 Å². The Morgan fingerprint density at radius 1 is 1.12 bits per heavy atom. The van der Waals surface area contributed by atoms with Gasteiger partial charge in [-0.2, -0.15) is 0 Å². The average Bonchev–Trinajstić information content (AvgIpc) is 2.68. The molecule has 0 unspecified atom stereocenters. The van der Waals surface area contributed by atoms with E-state index >= 15 is 0 Å². The van der Waals surface area contributed by atoms with Gasteiger partial charge < -0.3 is 4.74 Å². The molecule has 0 bridgehead atoms. The third-order valence-electron chi connectivity index (χ3n) is 2.60. The summed E-state index contributed by atoms with van der Waals surface area (Å²) in [6.45, 7) is 0. The Labute approximate surface area is 98.0 Å². The molecule has 88 valence electrons. The molecule has 0 saturated carbocycles. The average molecular weight is 233 g/mol. The topological polar surface area (TPSA) is 63.7 Å². The third-order valence-corrected chi connectivity index (χ3v) is 2.60. The molecule has 0 aliphatic carbocycles. The van der Waals surface area contributed by atoms with Gasteiger partial charge in [0.25, 0.3) is 0 Å². The van der Waals surface area contributed by atoms with Crippen molar-refractivity contribution in [1.82, 2.24) is 0 Å². The number of hydrogen-bond acceptors (Lipinski definition) is 4. The van der Waals surface area contributed by atoms with E-state index in [2.05, 4.69) is 4.74 Å². The van der Waals surface area contributed by atoms with Gasteiger partial charge in [-0.15, -0.1) is 0 Å². The molecule has 5 heteroatoms. The summed E-state index contributed by atoms with van der Waals surface area (Å²) in [5.74, 6) is -0.864. The van der Waals surface area contributed by atoms with Crippen LogP contribution in [0.1, 0.15) is 23.2 Å². The Morgan fingerprint density at radius 2 is 1.65 bits per heavy atom. The second-order valence-corrected chi connectivity index (χ2v) is 3.66. The summed E-state index contributed by atoms with van der Waals surface area (Å²) < 4.78 is 4.56. The number of methoxy groups -OCH3 is 1. The van der Waals surface area contributed by atoms with Gasteiger partial charge >= 0.3 is 5.97 Å². The Morgan fingerprint density at radius 3 is 2.12 bits per heavy atom. The van der Waals surface area contributed by atoms with E-state index in [1.54, 1.807) is 12.1 Å². The summed E-state index contributed by atoms with van der Waals surface area (Å²) in [6, 6.07) is 6.18. The summed E-state index contributed by atoms with van der Waals surface area (Å²) in [5, 5.41) is 0. The summed E-state index contributed by atoms with van der Waals surface area (Å²) >= 11 is 0. The summed E-state index contributed by atoms with van der Waals surface area (Å²) in [7, 11) is 1.30. The molecule has 1 aromatic carbocycles. The normalized spacial score (nSPS) is 15.2. The molecular formula is C12H11NO4. The first-order valence-corrected chi connectivity index (χ1v) is 5.17. The first-order valence-electron chi connectivity index (χ1n) is 5.17. The maximum Gasteiger partial charge on any atom is 0.337 e. The van der Waals surface area contributed by atoms with Gasteiger partial charge in [0.1, 0.15) is 0 Å². The van der Waals surface area contributed by atoms with E-state index in [9.17, 15) is 14.4 Å². The number of ether oxygens (including phenoxy) is 1. The maximum atomic E-state index is 11.5. The van der Waals surface area contributed by atoms with Crippen molar-refractivity contribution in [1.29, 1.82) is 0 Å². The standard InChI is InChI=1S/C12H11NO4/c1-17-12(16)8-2-4-9(5-3-8)13-10(14)6-7-11(13)15/h2-5H,6-7H2,1H3. The van der Waals surface area contributed by atoms with Crippen LogP contribution in [0.15, 0.2) is 24.3 Å². The van der Waals surface area contributed by atoms with E-state index in [1.165, 1.54) is 19.2 Å². The smallest absolute Gasteiger partial charge is 0.337 e. The SMILES string of the molecule is COC(=O)c1ccc(N2C(=O)CCC2=O)cc1. The third kappa shape index (κ3) is 2.04. The number of anilines is 1. The zero-order valence-electron chi connectivity index (χ0n) is 9.30. The van der Waals surface area contributed by atoms with Crippen LogP contribution in [0.25, 0.3) is 0 Å². The van der Waals surface area contributed by atoms with Gasteiger partial charge in [-0.25, -0.2) is 4.79 Å². The quantitative estimate of drug-likeness (QED) is 0.567. The Hall–Kier alpha value is -2.17. The second-order valence-electron chi connectivity index (χ2n) is 3.66. The highest BCUT2D eigenvalue weighted by atomic mass is 16.5. The van der Waals surface area contributed by atoms with Gasteiger partial charge in [-0.3, -0.25) is 14.5 Å². The zero-order chi connectivity index (χ0) is 12.4. The van der Waals surface area contributed by atoms with Gasteiger partial charge in [0.15, 0.2) is 0 Å². The Kier molecular flexibility index (Phi) is 2.91. The molecule has 1 heterocycles. The van der Waals surface area contributed by atoms with E-state index in [0.717, 1.165) is 4.90 Å². The number of hydrogen-bond donors (Lipinski definition) is 0. The molecule has 17 heavy (non-hydrogen) atoms. The van der Waals surface area contributed by atoms with Crippen molar-refractivity contribution in [3.8, 4) is 0 Å². The largest absolute Gasteiger partial charge is 0.465 e. The number of rotatable bonds is 2. The van der Waals surface area contributed by atoms with Crippen LogP contribution in [-0.4, -0.2) is 24.9 Å². The van der Waals surface area contributed by atoms with Crippen LogP contribution in [0.2, 0.25) is 0 Å². The maximum absolute atomic E-state index is 11.5. The lowest BCUT2D eigenvalue weighted by Gasteiger charge is -2.13. The Balaban J connectivity index is 2.26. The molecule has 0 N–H and O–H groups in total. The minimum absolute atomic E-state index is 0.208. The van der Waals surface area contributed by atoms with Crippen LogP contribution >= 0.6 is 0 Å². The highest BCUT2D eigenvalue weighted by molar-refractivity contribution is 6.19. The summed E-state index contributed by atoms with van der Waals surface area (Å²) in [4.78, 5) is 35.3. The molecule has 0 aromatic heterocycles. The second kappa shape index (κ2) is 4.37. The van der Waals surface area contributed by atoms with Crippen LogP contribution in [-0.2, 0) is 14.3 Å². The highest BCUT2D eigenvalue weighted by Gasteiger charge is 2.30. The van der Waals surface area contributed by atoms with Gasteiger partial charge in [0, 0.05) is 12.8 Å². The monoisotopic (exact) mass is 233 g/mol.